The van der Waals surface area contributed by atoms with Gasteiger partial charge in [-0.3, -0.25) is 14.6 Å². The number of nitrogens with zero attached hydrogens (tertiary/aromatic N) is 1. The Balaban J connectivity index is 2.58. The molecule has 0 fully saturated rings. The molecule has 0 bridgehead atoms. The molecule has 2 N–H and O–H groups in total. The second-order valence-corrected chi connectivity index (χ2v) is 5.46. The van der Waals surface area contributed by atoms with Crippen molar-refractivity contribution < 1.29 is 9.59 Å². The first-order valence-corrected chi connectivity index (χ1v) is 6.88. The topological polar surface area (TPSA) is 71.1 Å². The first-order valence-electron chi connectivity index (χ1n) is 6.88. The molecule has 0 radical (unpaired) electrons. The van der Waals surface area contributed by atoms with E-state index in [1.54, 1.807) is 26.2 Å². The van der Waals surface area contributed by atoms with Gasteiger partial charge in [0.15, 0.2) is 0 Å². The normalized spacial score (nSPS) is 12.3. The molecule has 0 aliphatic heterocycles. The highest BCUT2D eigenvalue weighted by Crippen LogP contribution is 2.05. The quantitative estimate of drug-likeness (QED) is 0.827. The fourth-order valence-electron chi connectivity index (χ4n) is 1.66. The lowest BCUT2D eigenvalue weighted by Gasteiger charge is -2.22. The summed E-state index contributed by atoms with van der Waals surface area (Å²) >= 11 is 0. The standard InChI is InChI=1S/C15H23N3O2/c1-10(2)13(18-14(19)11(3)4)15(20)17-9-12-6-5-7-16-8-12/h5-8,10-11,13H,9H2,1-4H3,(H,17,20)(H,18,19). The van der Waals surface area contributed by atoms with Crippen LogP contribution in [0.3, 0.4) is 0 Å². The van der Waals surface area contributed by atoms with Crippen molar-refractivity contribution in [3.8, 4) is 0 Å². The van der Waals surface area contributed by atoms with Gasteiger partial charge in [0.05, 0.1) is 0 Å². The van der Waals surface area contributed by atoms with Gasteiger partial charge in [0.25, 0.3) is 0 Å². The van der Waals surface area contributed by atoms with Gasteiger partial charge in [-0.1, -0.05) is 33.8 Å². The van der Waals surface area contributed by atoms with E-state index in [9.17, 15) is 9.59 Å². The molecule has 0 saturated heterocycles. The number of rotatable bonds is 6. The molecule has 2 amide bonds. The molecule has 0 aromatic carbocycles. The van der Waals surface area contributed by atoms with E-state index in [1.165, 1.54) is 0 Å². The lowest BCUT2D eigenvalue weighted by molar-refractivity contribution is -0.131. The molecule has 1 heterocycles. The summed E-state index contributed by atoms with van der Waals surface area (Å²) in [5.74, 6) is -0.382. The summed E-state index contributed by atoms with van der Waals surface area (Å²) in [5.41, 5.74) is 0.929. The van der Waals surface area contributed by atoms with Crippen LogP contribution in [0, 0.1) is 11.8 Å². The van der Waals surface area contributed by atoms with Gasteiger partial charge in [0, 0.05) is 24.9 Å². The van der Waals surface area contributed by atoms with Gasteiger partial charge in [-0.15, -0.1) is 0 Å². The molecule has 0 aliphatic carbocycles. The number of pyridine rings is 1. The van der Waals surface area contributed by atoms with Gasteiger partial charge < -0.3 is 10.6 Å². The molecule has 1 rings (SSSR count). The van der Waals surface area contributed by atoms with E-state index < -0.39 is 6.04 Å². The Labute approximate surface area is 120 Å². The largest absolute Gasteiger partial charge is 0.350 e. The maximum absolute atomic E-state index is 12.2. The van der Waals surface area contributed by atoms with Crippen LogP contribution in [0.15, 0.2) is 24.5 Å². The fourth-order valence-corrected chi connectivity index (χ4v) is 1.66. The van der Waals surface area contributed by atoms with Gasteiger partial charge in [-0.2, -0.15) is 0 Å². The molecule has 5 nitrogen and oxygen atoms in total. The Kier molecular flexibility index (Phi) is 6.15. The molecule has 20 heavy (non-hydrogen) atoms. The van der Waals surface area contributed by atoms with E-state index >= 15 is 0 Å². The van der Waals surface area contributed by atoms with Crippen LogP contribution in [0.2, 0.25) is 0 Å². The van der Waals surface area contributed by atoms with Crippen LogP contribution >= 0.6 is 0 Å². The van der Waals surface area contributed by atoms with Crippen LogP contribution in [0.5, 0.6) is 0 Å². The minimum Gasteiger partial charge on any atom is -0.350 e. The van der Waals surface area contributed by atoms with Crippen molar-refractivity contribution in [2.75, 3.05) is 0 Å². The summed E-state index contributed by atoms with van der Waals surface area (Å²) in [5, 5.41) is 5.62. The highest BCUT2D eigenvalue weighted by molar-refractivity contribution is 5.88. The minimum atomic E-state index is -0.512. The van der Waals surface area contributed by atoms with Gasteiger partial charge in [0.1, 0.15) is 6.04 Å². The van der Waals surface area contributed by atoms with Crippen molar-refractivity contribution >= 4 is 11.8 Å². The maximum Gasteiger partial charge on any atom is 0.243 e. The van der Waals surface area contributed by atoms with Crippen molar-refractivity contribution in [3.63, 3.8) is 0 Å². The second kappa shape index (κ2) is 7.62. The Hall–Kier alpha value is -1.91. The molecule has 0 aliphatic rings. The summed E-state index contributed by atoms with van der Waals surface area (Å²) in [6, 6.07) is 3.20. The molecule has 0 saturated carbocycles. The number of carbonyl (C=O) groups excluding carboxylic acids is 2. The Morgan fingerprint density at radius 1 is 1.20 bits per heavy atom. The first-order chi connectivity index (χ1) is 9.41. The average molecular weight is 277 g/mol. The van der Waals surface area contributed by atoms with E-state index in [1.807, 2.05) is 26.0 Å². The van der Waals surface area contributed by atoms with Crippen LogP contribution in [0.25, 0.3) is 0 Å². The zero-order valence-corrected chi connectivity index (χ0v) is 12.5. The Morgan fingerprint density at radius 2 is 1.90 bits per heavy atom. The van der Waals surface area contributed by atoms with E-state index in [0.29, 0.717) is 6.54 Å². The van der Waals surface area contributed by atoms with E-state index in [-0.39, 0.29) is 23.7 Å². The van der Waals surface area contributed by atoms with Gasteiger partial charge in [-0.05, 0) is 17.5 Å². The number of aromatic nitrogens is 1. The molecule has 1 aromatic heterocycles. The molecular formula is C15H23N3O2. The van der Waals surface area contributed by atoms with Crippen molar-refractivity contribution in [2.45, 2.75) is 40.3 Å². The second-order valence-electron chi connectivity index (χ2n) is 5.46. The third-order valence-electron chi connectivity index (χ3n) is 2.96. The summed E-state index contributed by atoms with van der Waals surface area (Å²) in [7, 11) is 0. The first kappa shape index (κ1) is 16.1. The predicted octanol–water partition coefficient (Wildman–Crippen LogP) is 1.49. The maximum atomic E-state index is 12.2. The van der Waals surface area contributed by atoms with Crippen LogP contribution < -0.4 is 10.6 Å². The highest BCUT2D eigenvalue weighted by Gasteiger charge is 2.24. The van der Waals surface area contributed by atoms with Crippen molar-refractivity contribution in [1.82, 2.24) is 15.6 Å². The summed E-state index contributed by atoms with van der Waals surface area (Å²) < 4.78 is 0. The SMILES string of the molecule is CC(C)C(=O)NC(C(=O)NCc1cccnc1)C(C)C. The summed E-state index contributed by atoms with van der Waals surface area (Å²) in [6.07, 6.45) is 3.39. The Morgan fingerprint density at radius 3 is 2.40 bits per heavy atom. The highest BCUT2D eigenvalue weighted by atomic mass is 16.2. The van der Waals surface area contributed by atoms with E-state index in [0.717, 1.165) is 5.56 Å². The third-order valence-corrected chi connectivity index (χ3v) is 2.96. The van der Waals surface area contributed by atoms with Crippen LogP contribution in [0.4, 0.5) is 0 Å². The number of hydrogen-bond acceptors (Lipinski definition) is 3. The predicted molar refractivity (Wildman–Crippen MR) is 77.7 cm³/mol. The number of amides is 2. The Bertz CT molecular complexity index is 444. The number of carbonyl (C=O) groups is 2. The zero-order chi connectivity index (χ0) is 15.1. The molecule has 5 heteroatoms. The zero-order valence-electron chi connectivity index (χ0n) is 12.5. The van der Waals surface area contributed by atoms with Gasteiger partial charge >= 0.3 is 0 Å². The van der Waals surface area contributed by atoms with Crippen LogP contribution in [-0.2, 0) is 16.1 Å². The van der Waals surface area contributed by atoms with E-state index in [2.05, 4.69) is 15.6 Å². The van der Waals surface area contributed by atoms with Crippen molar-refractivity contribution in [2.24, 2.45) is 11.8 Å². The monoisotopic (exact) mass is 277 g/mol. The number of hydrogen-bond donors (Lipinski definition) is 2. The average Bonchev–Trinajstić information content (AvgIpc) is 2.42. The minimum absolute atomic E-state index is 0.0339. The lowest BCUT2D eigenvalue weighted by atomic mass is 10.0. The van der Waals surface area contributed by atoms with Crippen LogP contribution in [-0.4, -0.2) is 22.8 Å². The molecule has 110 valence electrons. The van der Waals surface area contributed by atoms with E-state index in [4.69, 9.17) is 0 Å². The number of nitrogens with one attached hydrogen (secondary N) is 2. The van der Waals surface area contributed by atoms with Gasteiger partial charge in [0.2, 0.25) is 11.8 Å². The fraction of sp³-hybridized carbons (Fsp3) is 0.533. The summed E-state index contributed by atoms with van der Waals surface area (Å²) in [6.45, 7) is 7.85. The summed E-state index contributed by atoms with van der Waals surface area (Å²) in [4.78, 5) is 27.9. The third kappa shape index (κ3) is 4.99. The smallest absolute Gasteiger partial charge is 0.243 e. The molecule has 1 aromatic rings. The molecule has 1 atom stereocenters. The molecular weight excluding hydrogens is 254 g/mol. The van der Waals surface area contributed by atoms with Crippen molar-refractivity contribution in [1.29, 1.82) is 0 Å². The van der Waals surface area contributed by atoms with Crippen molar-refractivity contribution in [3.05, 3.63) is 30.1 Å². The molecule has 1 unspecified atom stereocenters. The molecule has 0 spiro atoms. The van der Waals surface area contributed by atoms with Crippen LogP contribution in [0.1, 0.15) is 33.3 Å². The van der Waals surface area contributed by atoms with Gasteiger partial charge in [-0.25, -0.2) is 0 Å². The lowest BCUT2D eigenvalue weighted by Crippen LogP contribution is -2.50.